The molecule has 0 aromatic heterocycles. The Morgan fingerprint density at radius 2 is 2.33 bits per heavy atom. The van der Waals surface area contributed by atoms with Crippen LogP contribution >= 0.6 is 11.6 Å². The van der Waals surface area contributed by atoms with Gasteiger partial charge in [0.1, 0.15) is 0 Å². The highest BCUT2D eigenvalue weighted by Gasteiger charge is 2.17. The average Bonchev–Trinajstić information content (AvgIpc) is 2.07. The summed E-state index contributed by atoms with van der Waals surface area (Å²) in [5, 5.41) is 4.04. The summed E-state index contributed by atoms with van der Waals surface area (Å²) in [4.78, 5) is 0. The predicted octanol–water partition coefficient (Wildman–Crippen LogP) is 1.44. The fourth-order valence-electron chi connectivity index (χ4n) is 1.57. The first-order valence-electron chi connectivity index (χ1n) is 4.02. The fourth-order valence-corrected chi connectivity index (χ4v) is 1.82. The highest BCUT2D eigenvalue weighted by Crippen LogP contribution is 2.26. The standard InChI is InChI=1S/C9H11ClN2/c10-8-3-1-2-6-7(8)4-12-5-9(6)11/h1-3,9,12H,4-5,11H2. The first-order valence-corrected chi connectivity index (χ1v) is 4.40. The van der Waals surface area contributed by atoms with E-state index in [-0.39, 0.29) is 6.04 Å². The zero-order valence-electron chi connectivity index (χ0n) is 6.68. The first kappa shape index (κ1) is 8.05. The van der Waals surface area contributed by atoms with Crippen LogP contribution in [0.15, 0.2) is 18.2 Å². The van der Waals surface area contributed by atoms with Gasteiger partial charge in [-0.3, -0.25) is 0 Å². The van der Waals surface area contributed by atoms with Gasteiger partial charge in [0.2, 0.25) is 0 Å². The van der Waals surface area contributed by atoms with E-state index in [4.69, 9.17) is 17.3 Å². The minimum Gasteiger partial charge on any atom is -0.323 e. The van der Waals surface area contributed by atoms with Crippen LogP contribution in [0.4, 0.5) is 0 Å². The molecule has 0 amide bonds. The number of hydrogen-bond acceptors (Lipinski definition) is 2. The lowest BCUT2D eigenvalue weighted by Gasteiger charge is -2.23. The Morgan fingerprint density at radius 3 is 3.08 bits per heavy atom. The van der Waals surface area contributed by atoms with Crippen molar-refractivity contribution in [2.24, 2.45) is 5.73 Å². The topological polar surface area (TPSA) is 38.0 Å². The highest BCUT2D eigenvalue weighted by molar-refractivity contribution is 6.31. The first-order chi connectivity index (χ1) is 5.79. The van der Waals surface area contributed by atoms with E-state index in [1.165, 1.54) is 5.56 Å². The maximum Gasteiger partial charge on any atom is 0.0454 e. The molecule has 12 heavy (non-hydrogen) atoms. The molecular weight excluding hydrogens is 172 g/mol. The van der Waals surface area contributed by atoms with Crippen LogP contribution in [0.5, 0.6) is 0 Å². The van der Waals surface area contributed by atoms with E-state index in [2.05, 4.69) is 5.32 Å². The van der Waals surface area contributed by atoms with Crippen LogP contribution < -0.4 is 11.1 Å². The summed E-state index contributed by atoms with van der Waals surface area (Å²) >= 11 is 6.01. The minimum atomic E-state index is 0.0902. The Kier molecular flexibility index (Phi) is 2.05. The summed E-state index contributed by atoms with van der Waals surface area (Å²) in [5.74, 6) is 0. The maximum atomic E-state index is 6.01. The normalized spacial score (nSPS) is 22.0. The Labute approximate surface area is 76.7 Å². The molecule has 1 heterocycles. The Balaban J connectivity index is 2.52. The number of fused-ring (bicyclic) bond motifs is 1. The van der Waals surface area contributed by atoms with Gasteiger partial charge in [0.15, 0.2) is 0 Å². The molecule has 0 aliphatic carbocycles. The molecule has 1 aliphatic rings. The molecule has 1 aliphatic heterocycles. The Bertz CT molecular complexity index is 299. The summed E-state index contributed by atoms with van der Waals surface area (Å²) in [7, 11) is 0. The van der Waals surface area contributed by atoms with Crippen LogP contribution in [0.2, 0.25) is 5.02 Å². The zero-order valence-corrected chi connectivity index (χ0v) is 7.43. The van der Waals surface area contributed by atoms with Crippen LogP contribution in [-0.4, -0.2) is 6.54 Å². The average molecular weight is 183 g/mol. The third kappa shape index (κ3) is 1.22. The SMILES string of the molecule is NC1CNCc2c(Cl)cccc21. The largest absolute Gasteiger partial charge is 0.323 e. The second kappa shape index (κ2) is 3.05. The second-order valence-corrected chi connectivity index (χ2v) is 3.45. The quantitative estimate of drug-likeness (QED) is 0.638. The van der Waals surface area contributed by atoms with Gasteiger partial charge in [-0.05, 0) is 17.2 Å². The van der Waals surface area contributed by atoms with Crippen molar-refractivity contribution in [1.82, 2.24) is 5.32 Å². The molecule has 2 nitrogen and oxygen atoms in total. The van der Waals surface area contributed by atoms with Gasteiger partial charge >= 0.3 is 0 Å². The lowest BCUT2D eigenvalue weighted by Crippen LogP contribution is -2.32. The smallest absolute Gasteiger partial charge is 0.0454 e. The zero-order chi connectivity index (χ0) is 8.55. The number of nitrogens with one attached hydrogen (secondary N) is 1. The van der Waals surface area contributed by atoms with E-state index < -0.39 is 0 Å². The molecule has 0 saturated carbocycles. The van der Waals surface area contributed by atoms with Crippen molar-refractivity contribution in [3.8, 4) is 0 Å². The van der Waals surface area contributed by atoms with Crippen molar-refractivity contribution in [3.63, 3.8) is 0 Å². The molecule has 1 aromatic rings. The monoisotopic (exact) mass is 182 g/mol. The highest BCUT2D eigenvalue weighted by atomic mass is 35.5. The lowest BCUT2D eigenvalue weighted by atomic mass is 9.97. The van der Waals surface area contributed by atoms with Gasteiger partial charge in [0.25, 0.3) is 0 Å². The van der Waals surface area contributed by atoms with E-state index in [0.717, 1.165) is 23.7 Å². The molecule has 0 bridgehead atoms. The molecule has 3 N–H and O–H groups in total. The third-order valence-electron chi connectivity index (χ3n) is 2.22. The van der Waals surface area contributed by atoms with Crippen LogP contribution in [0.3, 0.4) is 0 Å². The number of rotatable bonds is 0. The number of halogens is 1. The van der Waals surface area contributed by atoms with Crippen molar-refractivity contribution in [2.45, 2.75) is 12.6 Å². The summed E-state index contributed by atoms with van der Waals surface area (Å²) in [6.45, 7) is 1.68. The van der Waals surface area contributed by atoms with Crippen molar-refractivity contribution in [2.75, 3.05) is 6.54 Å². The lowest BCUT2D eigenvalue weighted by molar-refractivity contribution is 0.555. The van der Waals surface area contributed by atoms with Crippen molar-refractivity contribution in [3.05, 3.63) is 34.3 Å². The second-order valence-electron chi connectivity index (χ2n) is 3.05. The molecule has 2 rings (SSSR count). The van der Waals surface area contributed by atoms with Crippen LogP contribution in [0.25, 0.3) is 0 Å². The summed E-state index contributed by atoms with van der Waals surface area (Å²) in [5.41, 5.74) is 8.23. The summed E-state index contributed by atoms with van der Waals surface area (Å²) in [6.07, 6.45) is 0. The minimum absolute atomic E-state index is 0.0902. The van der Waals surface area contributed by atoms with Crippen LogP contribution in [0.1, 0.15) is 17.2 Å². The molecule has 3 heteroatoms. The molecular formula is C9H11ClN2. The van der Waals surface area contributed by atoms with Gasteiger partial charge in [-0.25, -0.2) is 0 Å². The van der Waals surface area contributed by atoms with Gasteiger partial charge in [-0.1, -0.05) is 23.7 Å². The molecule has 1 unspecified atom stereocenters. The molecule has 1 atom stereocenters. The third-order valence-corrected chi connectivity index (χ3v) is 2.57. The van der Waals surface area contributed by atoms with Crippen molar-refractivity contribution < 1.29 is 0 Å². The predicted molar refractivity (Wildman–Crippen MR) is 50.1 cm³/mol. The number of nitrogens with two attached hydrogens (primary N) is 1. The van der Waals surface area contributed by atoms with Gasteiger partial charge in [-0.2, -0.15) is 0 Å². The van der Waals surface area contributed by atoms with Crippen LogP contribution in [-0.2, 0) is 6.54 Å². The van der Waals surface area contributed by atoms with E-state index in [1.807, 2.05) is 18.2 Å². The maximum absolute atomic E-state index is 6.01. The Morgan fingerprint density at radius 1 is 1.50 bits per heavy atom. The molecule has 0 saturated heterocycles. The van der Waals surface area contributed by atoms with E-state index >= 15 is 0 Å². The van der Waals surface area contributed by atoms with Crippen LogP contribution in [0, 0.1) is 0 Å². The molecule has 0 spiro atoms. The van der Waals surface area contributed by atoms with Crippen molar-refractivity contribution in [1.29, 1.82) is 0 Å². The number of hydrogen-bond donors (Lipinski definition) is 2. The van der Waals surface area contributed by atoms with E-state index in [1.54, 1.807) is 0 Å². The molecule has 64 valence electrons. The van der Waals surface area contributed by atoms with Gasteiger partial charge in [0.05, 0.1) is 0 Å². The molecule has 1 aromatic carbocycles. The number of benzene rings is 1. The van der Waals surface area contributed by atoms with E-state index in [0.29, 0.717) is 0 Å². The molecule has 0 radical (unpaired) electrons. The molecule has 0 fully saturated rings. The van der Waals surface area contributed by atoms with Gasteiger partial charge < -0.3 is 11.1 Å². The Hall–Kier alpha value is -0.570. The van der Waals surface area contributed by atoms with Gasteiger partial charge in [-0.15, -0.1) is 0 Å². The summed E-state index contributed by atoms with van der Waals surface area (Å²) < 4.78 is 0. The summed E-state index contributed by atoms with van der Waals surface area (Å²) in [6, 6.07) is 5.99. The van der Waals surface area contributed by atoms with E-state index in [9.17, 15) is 0 Å². The van der Waals surface area contributed by atoms with Gasteiger partial charge in [0, 0.05) is 24.2 Å². The van der Waals surface area contributed by atoms with Crippen molar-refractivity contribution >= 4 is 11.6 Å². The fraction of sp³-hybridized carbons (Fsp3) is 0.333.